The summed E-state index contributed by atoms with van der Waals surface area (Å²) >= 11 is 0. The molecule has 0 radical (unpaired) electrons. The Morgan fingerprint density at radius 1 is 1.60 bits per heavy atom. The van der Waals surface area contributed by atoms with E-state index in [9.17, 15) is 8.78 Å². The summed E-state index contributed by atoms with van der Waals surface area (Å²) < 4.78 is 33.7. The van der Waals surface area contributed by atoms with Crippen LogP contribution in [0.15, 0.2) is 11.8 Å². The van der Waals surface area contributed by atoms with E-state index in [1.807, 2.05) is 13.1 Å². The van der Waals surface area contributed by atoms with Crippen molar-refractivity contribution in [2.24, 2.45) is 0 Å². The van der Waals surface area contributed by atoms with Crippen molar-refractivity contribution in [1.29, 1.82) is 0 Å². The predicted octanol–water partition coefficient (Wildman–Crippen LogP) is 1.55. The van der Waals surface area contributed by atoms with Crippen LogP contribution < -0.4 is 5.32 Å². The van der Waals surface area contributed by atoms with Crippen molar-refractivity contribution in [2.45, 2.75) is 25.3 Å². The van der Waals surface area contributed by atoms with Crippen molar-refractivity contribution in [3.05, 3.63) is 11.8 Å². The van der Waals surface area contributed by atoms with Crippen molar-refractivity contribution >= 4 is 0 Å². The van der Waals surface area contributed by atoms with Gasteiger partial charge in [-0.25, -0.2) is 8.78 Å². The largest absolute Gasteiger partial charge is 0.496 e. The van der Waals surface area contributed by atoms with Crippen LogP contribution in [0.25, 0.3) is 0 Å². The number of nitrogens with one attached hydrogen (secondary N) is 1. The maximum Gasteiger partial charge on any atom is 0.261 e. The summed E-state index contributed by atoms with van der Waals surface area (Å²) in [5, 5.41) is 3.07. The Labute approximate surface area is 88.4 Å². The molecule has 5 heteroatoms. The highest BCUT2D eigenvalue weighted by Crippen LogP contribution is 2.15. The third kappa shape index (κ3) is 4.57. The topological polar surface area (TPSA) is 30.5 Å². The van der Waals surface area contributed by atoms with E-state index in [1.54, 1.807) is 0 Å². The Hall–Kier alpha value is -0.680. The zero-order valence-corrected chi connectivity index (χ0v) is 8.84. The van der Waals surface area contributed by atoms with Gasteiger partial charge in [0.25, 0.3) is 6.43 Å². The van der Waals surface area contributed by atoms with Gasteiger partial charge < -0.3 is 14.8 Å². The zero-order chi connectivity index (χ0) is 11.1. The van der Waals surface area contributed by atoms with Crippen LogP contribution in [0.3, 0.4) is 0 Å². The lowest BCUT2D eigenvalue weighted by molar-refractivity contribution is 0.0141. The number of alkyl halides is 2. The number of hydrogen-bond donors (Lipinski definition) is 1. The summed E-state index contributed by atoms with van der Waals surface area (Å²) in [4.78, 5) is 0. The van der Waals surface area contributed by atoms with E-state index in [4.69, 9.17) is 9.47 Å². The lowest BCUT2D eigenvalue weighted by atomic mass is 10.1. The molecule has 0 aromatic rings. The van der Waals surface area contributed by atoms with Gasteiger partial charge in [0, 0.05) is 13.0 Å². The van der Waals surface area contributed by atoms with E-state index in [1.165, 1.54) is 0 Å². The molecule has 1 unspecified atom stereocenters. The molecule has 0 amide bonds. The normalized spacial score (nSPS) is 17.7. The summed E-state index contributed by atoms with van der Waals surface area (Å²) in [6.45, 7) is 0.540. The van der Waals surface area contributed by atoms with Crippen LogP contribution >= 0.6 is 0 Å². The average molecular weight is 221 g/mol. The molecular weight excluding hydrogens is 204 g/mol. The van der Waals surface area contributed by atoms with Crippen LogP contribution in [0.1, 0.15) is 12.8 Å². The second-order valence-corrected chi connectivity index (χ2v) is 3.34. The third-order valence-corrected chi connectivity index (χ3v) is 2.22. The van der Waals surface area contributed by atoms with E-state index in [0.717, 1.165) is 12.2 Å². The maximum atomic E-state index is 11.8. The summed E-state index contributed by atoms with van der Waals surface area (Å²) in [5.74, 6) is 0.901. The molecule has 1 aliphatic rings. The predicted molar refractivity (Wildman–Crippen MR) is 52.9 cm³/mol. The fraction of sp³-hybridized carbons (Fsp3) is 0.800. The molecule has 0 aromatic carbocycles. The SMILES string of the molecule is CNC(CCOCC(F)F)C1=CCCO1. The van der Waals surface area contributed by atoms with Crippen LogP contribution in [0.5, 0.6) is 0 Å². The smallest absolute Gasteiger partial charge is 0.261 e. The number of ether oxygens (including phenoxy) is 2. The zero-order valence-electron chi connectivity index (χ0n) is 8.84. The highest BCUT2D eigenvalue weighted by molar-refractivity contribution is 5.06. The van der Waals surface area contributed by atoms with Crippen molar-refractivity contribution < 1.29 is 18.3 Å². The van der Waals surface area contributed by atoms with Gasteiger partial charge in [-0.2, -0.15) is 0 Å². The lowest BCUT2D eigenvalue weighted by Gasteiger charge is -2.17. The minimum Gasteiger partial charge on any atom is -0.496 e. The molecule has 0 aromatic heterocycles. The Morgan fingerprint density at radius 3 is 2.93 bits per heavy atom. The molecular formula is C10H17F2NO2. The Kier molecular flexibility index (Phi) is 5.57. The molecule has 3 nitrogen and oxygen atoms in total. The van der Waals surface area contributed by atoms with Gasteiger partial charge in [-0.1, -0.05) is 0 Å². The van der Waals surface area contributed by atoms with Crippen molar-refractivity contribution in [3.63, 3.8) is 0 Å². The third-order valence-electron chi connectivity index (χ3n) is 2.22. The van der Waals surface area contributed by atoms with Crippen molar-refractivity contribution in [3.8, 4) is 0 Å². The number of hydrogen-bond acceptors (Lipinski definition) is 3. The monoisotopic (exact) mass is 221 g/mol. The molecule has 1 atom stereocenters. The van der Waals surface area contributed by atoms with Crippen molar-refractivity contribution in [1.82, 2.24) is 5.32 Å². The summed E-state index contributed by atoms with van der Waals surface area (Å²) in [7, 11) is 1.82. The second-order valence-electron chi connectivity index (χ2n) is 3.34. The summed E-state index contributed by atoms with van der Waals surface area (Å²) in [6, 6.07) is 0.0742. The molecule has 1 N–H and O–H groups in total. The fourth-order valence-electron chi connectivity index (χ4n) is 1.48. The first-order chi connectivity index (χ1) is 7.24. The fourth-order valence-corrected chi connectivity index (χ4v) is 1.48. The van der Waals surface area contributed by atoms with Crippen LogP contribution in [0.4, 0.5) is 8.78 Å². The van der Waals surface area contributed by atoms with Crippen LogP contribution in [0.2, 0.25) is 0 Å². The van der Waals surface area contributed by atoms with Gasteiger partial charge in [0.2, 0.25) is 0 Å². The standard InChI is InChI=1S/C10H17F2NO2/c1-13-8(9-3-2-5-15-9)4-6-14-7-10(11)12/h3,8,10,13H,2,4-7H2,1H3. The Morgan fingerprint density at radius 2 is 2.40 bits per heavy atom. The number of likely N-dealkylation sites (N-methyl/N-ethyl adjacent to an activating group) is 1. The number of halogens is 2. The van der Waals surface area contributed by atoms with Gasteiger partial charge >= 0.3 is 0 Å². The van der Waals surface area contributed by atoms with Crippen LogP contribution in [0, 0.1) is 0 Å². The van der Waals surface area contributed by atoms with Crippen molar-refractivity contribution in [2.75, 3.05) is 26.9 Å². The highest BCUT2D eigenvalue weighted by Gasteiger charge is 2.16. The first-order valence-electron chi connectivity index (χ1n) is 5.10. The molecule has 0 fully saturated rings. The molecule has 0 bridgehead atoms. The summed E-state index contributed by atoms with van der Waals surface area (Å²) in [5.41, 5.74) is 0. The highest BCUT2D eigenvalue weighted by atomic mass is 19.3. The quantitative estimate of drug-likeness (QED) is 0.662. The maximum absolute atomic E-state index is 11.8. The molecule has 0 saturated heterocycles. The van der Waals surface area contributed by atoms with E-state index >= 15 is 0 Å². The molecule has 88 valence electrons. The molecule has 1 aliphatic heterocycles. The first-order valence-corrected chi connectivity index (χ1v) is 5.10. The van der Waals surface area contributed by atoms with Gasteiger partial charge in [-0.3, -0.25) is 0 Å². The van der Waals surface area contributed by atoms with E-state index in [2.05, 4.69) is 5.32 Å². The number of rotatable bonds is 7. The van der Waals surface area contributed by atoms with Crippen LogP contribution in [-0.4, -0.2) is 39.3 Å². The molecule has 15 heavy (non-hydrogen) atoms. The molecule has 1 rings (SSSR count). The lowest BCUT2D eigenvalue weighted by Crippen LogP contribution is -2.29. The molecule has 1 heterocycles. The van der Waals surface area contributed by atoms with Gasteiger partial charge in [-0.15, -0.1) is 0 Å². The summed E-state index contributed by atoms with van der Waals surface area (Å²) in [6.07, 6.45) is 1.20. The van der Waals surface area contributed by atoms with E-state index in [0.29, 0.717) is 19.6 Å². The Balaban J connectivity index is 2.16. The molecule has 0 saturated carbocycles. The van der Waals surface area contributed by atoms with Gasteiger partial charge in [0.05, 0.1) is 12.6 Å². The molecule has 0 aliphatic carbocycles. The van der Waals surface area contributed by atoms with Gasteiger partial charge in [-0.05, 0) is 19.5 Å². The van der Waals surface area contributed by atoms with Gasteiger partial charge in [0.1, 0.15) is 12.4 Å². The van der Waals surface area contributed by atoms with Gasteiger partial charge in [0.15, 0.2) is 0 Å². The minimum atomic E-state index is -2.39. The first kappa shape index (κ1) is 12.4. The minimum absolute atomic E-state index is 0.0742. The molecule has 0 spiro atoms. The van der Waals surface area contributed by atoms with E-state index in [-0.39, 0.29) is 6.04 Å². The average Bonchev–Trinajstić information content (AvgIpc) is 2.70. The van der Waals surface area contributed by atoms with E-state index < -0.39 is 13.0 Å². The van der Waals surface area contributed by atoms with Crippen LogP contribution in [-0.2, 0) is 9.47 Å². The Bertz CT molecular complexity index is 210. The second kappa shape index (κ2) is 6.74.